The van der Waals surface area contributed by atoms with E-state index in [2.05, 4.69) is 10.5 Å². The van der Waals surface area contributed by atoms with Crippen molar-refractivity contribution in [1.82, 2.24) is 5.32 Å². The van der Waals surface area contributed by atoms with Gasteiger partial charge in [-0.3, -0.25) is 4.79 Å². The highest BCUT2D eigenvalue weighted by Gasteiger charge is 2.62. The molecule has 0 saturated carbocycles. The largest absolute Gasteiger partial charge is 0.435 e. The van der Waals surface area contributed by atoms with Crippen LogP contribution in [0.25, 0.3) is 10.8 Å². The van der Waals surface area contributed by atoms with Crippen LogP contribution in [0.2, 0.25) is 0 Å². The number of carbonyl (C=O) groups excluding carboxylic acids is 1. The Morgan fingerprint density at radius 3 is 2.32 bits per heavy atom. The van der Waals surface area contributed by atoms with Gasteiger partial charge in [-0.2, -0.15) is 26.3 Å². The third-order valence-electron chi connectivity index (χ3n) is 6.08. The Bertz CT molecular complexity index is 1530. The predicted molar refractivity (Wildman–Crippen MR) is 127 cm³/mol. The molecule has 3 aromatic carbocycles. The summed E-state index contributed by atoms with van der Waals surface area (Å²) in [5.74, 6) is -0.868. The first kappa shape index (κ1) is 27.4. The zero-order chi connectivity index (χ0) is 27.9. The minimum absolute atomic E-state index is 0.139. The van der Waals surface area contributed by atoms with Crippen LogP contribution >= 0.6 is 0 Å². The van der Waals surface area contributed by atoms with Crippen LogP contribution in [0.4, 0.5) is 26.3 Å². The molecule has 202 valence electrons. The van der Waals surface area contributed by atoms with Crippen LogP contribution in [0.15, 0.2) is 65.8 Å². The molecule has 0 saturated heterocycles. The van der Waals surface area contributed by atoms with Crippen LogP contribution in [0.3, 0.4) is 0 Å². The first-order valence-electron chi connectivity index (χ1n) is 11.1. The Morgan fingerprint density at radius 1 is 1.00 bits per heavy atom. The number of alkyl halides is 6. The van der Waals surface area contributed by atoms with Crippen molar-refractivity contribution in [2.24, 2.45) is 5.16 Å². The number of halogens is 6. The Labute approximate surface area is 213 Å². The highest BCUT2D eigenvalue weighted by atomic mass is 32.2. The van der Waals surface area contributed by atoms with Gasteiger partial charge in [-0.15, -0.1) is 0 Å². The molecule has 1 amide bonds. The van der Waals surface area contributed by atoms with E-state index in [1.807, 2.05) is 0 Å². The molecule has 0 fully saturated rings. The van der Waals surface area contributed by atoms with Crippen LogP contribution in [-0.4, -0.2) is 44.8 Å². The minimum atomic E-state index is -5.11. The SMILES string of the molecule is CS(=O)(=O)CCNC(=O)c1ccc(C2=NOC(c3cccc(C(F)(F)F)c3)(C(F)(F)F)C2)c2ccccc12. The number of hydrogen-bond acceptors (Lipinski definition) is 5. The predicted octanol–water partition coefficient (Wildman–Crippen LogP) is 5.22. The highest BCUT2D eigenvalue weighted by Crippen LogP contribution is 2.50. The number of benzene rings is 3. The standard InChI is InChI=1S/C25H20F6N2O4S/c1-38(35,36)12-11-32-22(34)20-10-9-19(17-7-2-3-8-18(17)20)21-14-23(37-33-21,25(29,30)31)15-5-4-6-16(13-15)24(26,27)28/h2-10,13H,11-12,14H2,1H3,(H,32,34). The van der Waals surface area contributed by atoms with Gasteiger partial charge in [-0.25, -0.2) is 8.42 Å². The Hall–Kier alpha value is -3.61. The van der Waals surface area contributed by atoms with Crippen molar-refractivity contribution in [3.8, 4) is 0 Å². The van der Waals surface area contributed by atoms with Gasteiger partial charge in [-0.05, 0) is 29.0 Å². The monoisotopic (exact) mass is 558 g/mol. The zero-order valence-corrected chi connectivity index (χ0v) is 20.5. The smallest absolute Gasteiger partial charge is 0.374 e. The molecule has 1 unspecified atom stereocenters. The van der Waals surface area contributed by atoms with Gasteiger partial charge < -0.3 is 10.2 Å². The number of nitrogens with one attached hydrogen (secondary N) is 1. The molecular weight excluding hydrogens is 538 g/mol. The topological polar surface area (TPSA) is 84.8 Å². The number of sulfone groups is 1. The first-order valence-corrected chi connectivity index (χ1v) is 13.2. The van der Waals surface area contributed by atoms with Crippen LogP contribution in [0, 0.1) is 0 Å². The lowest BCUT2D eigenvalue weighted by Crippen LogP contribution is -2.42. The molecule has 1 aliphatic heterocycles. The Morgan fingerprint density at radius 2 is 1.68 bits per heavy atom. The van der Waals surface area contributed by atoms with Gasteiger partial charge in [0, 0.05) is 35.9 Å². The maximum atomic E-state index is 14.3. The lowest BCUT2D eigenvalue weighted by atomic mass is 9.84. The van der Waals surface area contributed by atoms with E-state index in [0.29, 0.717) is 22.9 Å². The summed E-state index contributed by atoms with van der Waals surface area (Å²) in [5.41, 5.74) is -4.97. The molecule has 38 heavy (non-hydrogen) atoms. The molecule has 0 aromatic heterocycles. The zero-order valence-electron chi connectivity index (χ0n) is 19.7. The summed E-state index contributed by atoms with van der Waals surface area (Å²) in [5, 5.41) is 6.85. The van der Waals surface area contributed by atoms with Crippen LogP contribution < -0.4 is 5.32 Å². The lowest BCUT2D eigenvalue weighted by molar-refractivity contribution is -0.276. The molecule has 0 spiro atoms. The van der Waals surface area contributed by atoms with Gasteiger partial charge in [0.05, 0.1) is 17.0 Å². The number of hydrogen-bond donors (Lipinski definition) is 1. The molecular formula is C25H20F6N2O4S. The van der Waals surface area contributed by atoms with Crippen molar-refractivity contribution < 1.29 is 44.4 Å². The number of carbonyl (C=O) groups is 1. The van der Waals surface area contributed by atoms with E-state index in [0.717, 1.165) is 18.4 Å². The third kappa shape index (κ3) is 5.33. The molecule has 13 heteroatoms. The van der Waals surface area contributed by atoms with Crippen molar-refractivity contribution >= 4 is 32.2 Å². The van der Waals surface area contributed by atoms with Gasteiger partial charge in [0.25, 0.3) is 11.5 Å². The Kier molecular flexibility index (Phi) is 6.93. The quantitative estimate of drug-likeness (QED) is 0.421. The summed E-state index contributed by atoms with van der Waals surface area (Å²) < 4.78 is 105. The molecule has 1 heterocycles. The molecule has 1 aliphatic rings. The van der Waals surface area contributed by atoms with Crippen LogP contribution in [-0.2, 0) is 26.5 Å². The van der Waals surface area contributed by atoms with Crippen LogP contribution in [0.5, 0.6) is 0 Å². The molecule has 0 bridgehead atoms. The van der Waals surface area contributed by atoms with Crippen molar-refractivity contribution in [3.63, 3.8) is 0 Å². The van der Waals surface area contributed by atoms with E-state index in [4.69, 9.17) is 4.84 Å². The van der Waals surface area contributed by atoms with Crippen LogP contribution in [0.1, 0.15) is 33.5 Å². The first-order chi connectivity index (χ1) is 17.6. The van der Waals surface area contributed by atoms with Crippen molar-refractivity contribution in [2.45, 2.75) is 24.4 Å². The van der Waals surface area contributed by atoms with Gasteiger partial charge in [0.1, 0.15) is 9.84 Å². The summed E-state index contributed by atoms with van der Waals surface area (Å²) >= 11 is 0. The molecule has 0 aliphatic carbocycles. The summed E-state index contributed by atoms with van der Waals surface area (Å²) in [6.45, 7) is -0.139. The molecule has 4 rings (SSSR count). The number of rotatable bonds is 6. The second-order valence-corrected chi connectivity index (χ2v) is 11.1. The molecule has 1 N–H and O–H groups in total. The Balaban J connectivity index is 1.71. The van der Waals surface area contributed by atoms with Gasteiger partial charge >= 0.3 is 12.4 Å². The van der Waals surface area contributed by atoms with Gasteiger partial charge in [0.2, 0.25) is 0 Å². The maximum absolute atomic E-state index is 14.3. The normalized spacial score (nSPS) is 18.2. The molecule has 3 aromatic rings. The summed E-state index contributed by atoms with van der Waals surface area (Å²) in [6, 6.07) is 11.9. The second kappa shape index (κ2) is 9.61. The van der Waals surface area contributed by atoms with E-state index < -0.39 is 51.2 Å². The summed E-state index contributed by atoms with van der Waals surface area (Å²) in [7, 11) is -3.32. The fourth-order valence-electron chi connectivity index (χ4n) is 4.19. The van der Waals surface area contributed by atoms with Crippen molar-refractivity contribution in [3.05, 3.63) is 82.9 Å². The van der Waals surface area contributed by atoms with E-state index in [1.54, 1.807) is 24.3 Å². The molecule has 6 nitrogen and oxygen atoms in total. The molecule has 0 radical (unpaired) electrons. The highest BCUT2D eigenvalue weighted by molar-refractivity contribution is 7.90. The second-order valence-electron chi connectivity index (χ2n) is 8.80. The van der Waals surface area contributed by atoms with Crippen molar-refractivity contribution in [2.75, 3.05) is 18.6 Å². The number of fused-ring (bicyclic) bond motifs is 1. The minimum Gasteiger partial charge on any atom is -0.374 e. The van der Waals surface area contributed by atoms with E-state index >= 15 is 0 Å². The fourth-order valence-corrected chi connectivity index (χ4v) is 4.66. The lowest BCUT2D eigenvalue weighted by Gasteiger charge is -2.30. The van der Waals surface area contributed by atoms with Gasteiger partial charge in [-0.1, -0.05) is 47.6 Å². The fraction of sp³-hybridized carbons (Fsp3) is 0.280. The third-order valence-corrected chi connectivity index (χ3v) is 7.03. The maximum Gasteiger partial charge on any atom is 0.435 e. The van der Waals surface area contributed by atoms with E-state index in [-0.39, 0.29) is 29.1 Å². The average molecular weight is 559 g/mol. The van der Waals surface area contributed by atoms with E-state index in [1.165, 1.54) is 12.1 Å². The number of amides is 1. The van der Waals surface area contributed by atoms with E-state index in [9.17, 15) is 39.6 Å². The summed E-state index contributed by atoms with van der Waals surface area (Å²) in [6.07, 6.45) is -9.85. The van der Waals surface area contributed by atoms with Gasteiger partial charge in [0.15, 0.2) is 0 Å². The van der Waals surface area contributed by atoms with Crippen molar-refractivity contribution in [1.29, 1.82) is 0 Å². The molecule has 1 atom stereocenters. The number of nitrogens with zero attached hydrogens (tertiary/aromatic N) is 1. The summed E-state index contributed by atoms with van der Waals surface area (Å²) in [4.78, 5) is 17.6. The number of oxime groups is 1. The average Bonchev–Trinajstić information content (AvgIpc) is 3.29.